The number of hydrogen-bond acceptors (Lipinski definition) is 5. The molecule has 2 aliphatic rings. The van der Waals surface area contributed by atoms with Gasteiger partial charge in [0.1, 0.15) is 0 Å². The van der Waals surface area contributed by atoms with Crippen LogP contribution in [0.4, 0.5) is 0 Å². The maximum atomic E-state index is 4.60. The van der Waals surface area contributed by atoms with Crippen LogP contribution in [0.25, 0.3) is 0 Å². The standard InChI is InChI=1S/C20H35N5S2/c1-4-26-19-6-5-17(11-19)24-20(21-3)22-12-16-7-9-25(10-8-16)13-18-14-27-15(2)23-18/h14,16-17,19H,4-13H2,1-3H3,(H2,21,22,24). The average Bonchev–Trinajstić information content (AvgIpc) is 3.29. The van der Waals surface area contributed by atoms with Crippen molar-refractivity contribution in [1.82, 2.24) is 20.5 Å². The molecule has 0 radical (unpaired) electrons. The molecular weight excluding hydrogens is 374 g/mol. The molecule has 0 amide bonds. The second-order valence-electron chi connectivity index (χ2n) is 7.76. The lowest BCUT2D eigenvalue weighted by Gasteiger charge is -2.32. The molecule has 1 aromatic rings. The van der Waals surface area contributed by atoms with Crippen molar-refractivity contribution in [1.29, 1.82) is 0 Å². The van der Waals surface area contributed by atoms with E-state index in [4.69, 9.17) is 0 Å². The van der Waals surface area contributed by atoms with Crippen LogP contribution in [0.5, 0.6) is 0 Å². The molecule has 152 valence electrons. The molecular formula is C20H35N5S2. The lowest BCUT2D eigenvalue weighted by atomic mass is 9.97. The van der Waals surface area contributed by atoms with Gasteiger partial charge in [-0.1, -0.05) is 6.92 Å². The number of likely N-dealkylation sites (tertiary alicyclic amines) is 1. The second kappa shape index (κ2) is 10.7. The second-order valence-corrected chi connectivity index (χ2v) is 10.4. The van der Waals surface area contributed by atoms with E-state index in [-0.39, 0.29) is 0 Å². The summed E-state index contributed by atoms with van der Waals surface area (Å²) < 4.78 is 0. The average molecular weight is 410 g/mol. The van der Waals surface area contributed by atoms with Gasteiger partial charge in [0.15, 0.2) is 5.96 Å². The number of guanidine groups is 1. The molecule has 5 nitrogen and oxygen atoms in total. The third-order valence-electron chi connectivity index (χ3n) is 5.67. The molecule has 3 rings (SSSR count). The number of aryl methyl sites for hydroxylation is 1. The minimum absolute atomic E-state index is 0.587. The predicted octanol–water partition coefficient (Wildman–Crippen LogP) is 3.50. The van der Waals surface area contributed by atoms with Crippen LogP contribution in [0.3, 0.4) is 0 Å². The molecule has 2 unspecified atom stereocenters. The molecule has 1 aliphatic heterocycles. The highest BCUT2D eigenvalue weighted by Gasteiger charge is 2.25. The van der Waals surface area contributed by atoms with E-state index in [9.17, 15) is 0 Å². The molecule has 2 N–H and O–H groups in total. The Morgan fingerprint density at radius 1 is 1.33 bits per heavy atom. The van der Waals surface area contributed by atoms with Crippen LogP contribution >= 0.6 is 23.1 Å². The third kappa shape index (κ3) is 6.64. The number of thioether (sulfide) groups is 1. The van der Waals surface area contributed by atoms with Crippen molar-refractivity contribution in [3.63, 3.8) is 0 Å². The van der Waals surface area contributed by atoms with Crippen molar-refractivity contribution < 1.29 is 0 Å². The van der Waals surface area contributed by atoms with Gasteiger partial charge in [0.05, 0.1) is 10.7 Å². The molecule has 2 heterocycles. The summed E-state index contributed by atoms with van der Waals surface area (Å²) in [5.41, 5.74) is 1.23. The molecule has 2 atom stereocenters. The summed E-state index contributed by atoms with van der Waals surface area (Å²) >= 11 is 3.86. The summed E-state index contributed by atoms with van der Waals surface area (Å²) in [4.78, 5) is 11.6. The highest BCUT2D eigenvalue weighted by atomic mass is 32.2. The monoisotopic (exact) mass is 409 g/mol. The molecule has 0 bridgehead atoms. The summed E-state index contributed by atoms with van der Waals surface area (Å²) in [5.74, 6) is 2.96. The van der Waals surface area contributed by atoms with Crippen molar-refractivity contribution >= 4 is 29.1 Å². The van der Waals surface area contributed by atoms with E-state index in [1.807, 2.05) is 7.05 Å². The van der Waals surface area contributed by atoms with Crippen LogP contribution in [0, 0.1) is 12.8 Å². The van der Waals surface area contributed by atoms with Gasteiger partial charge in [-0.2, -0.15) is 11.8 Å². The molecule has 1 saturated heterocycles. The molecule has 1 aromatic heterocycles. The lowest BCUT2D eigenvalue weighted by molar-refractivity contribution is 0.176. The third-order valence-corrected chi connectivity index (χ3v) is 7.72. The van der Waals surface area contributed by atoms with Crippen LogP contribution in [0.1, 0.15) is 49.7 Å². The minimum Gasteiger partial charge on any atom is -0.356 e. The molecule has 2 fully saturated rings. The van der Waals surface area contributed by atoms with Crippen LogP contribution in [0.2, 0.25) is 0 Å². The highest BCUT2D eigenvalue weighted by molar-refractivity contribution is 7.99. The van der Waals surface area contributed by atoms with Gasteiger partial charge in [-0.15, -0.1) is 11.3 Å². The Kier molecular flexibility index (Phi) is 8.27. The SMILES string of the molecule is CCSC1CCC(NC(=NC)NCC2CCN(Cc3csc(C)n3)CC2)C1. The van der Waals surface area contributed by atoms with Crippen LogP contribution in [0.15, 0.2) is 10.4 Å². The Labute approximate surface area is 172 Å². The number of thiazole rings is 1. The Morgan fingerprint density at radius 2 is 2.15 bits per heavy atom. The number of nitrogens with zero attached hydrogens (tertiary/aromatic N) is 3. The molecule has 0 spiro atoms. The Balaban J connectivity index is 1.34. The van der Waals surface area contributed by atoms with Crippen molar-refractivity contribution in [3.8, 4) is 0 Å². The number of hydrogen-bond donors (Lipinski definition) is 2. The summed E-state index contributed by atoms with van der Waals surface area (Å²) in [7, 11) is 1.89. The fraction of sp³-hybridized carbons (Fsp3) is 0.800. The number of rotatable bonds is 7. The van der Waals surface area contributed by atoms with Crippen LogP contribution in [-0.4, -0.2) is 59.6 Å². The van der Waals surface area contributed by atoms with E-state index in [0.717, 1.165) is 30.2 Å². The van der Waals surface area contributed by atoms with Gasteiger partial charge in [-0.3, -0.25) is 9.89 Å². The minimum atomic E-state index is 0.587. The highest BCUT2D eigenvalue weighted by Crippen LogP contribution is 2.29. The topological polar surface area (TPSA) is 52.6 Å². The fourth-order valence-electron chi connectivity index (χ4n) is 4.15. The Morgan fingerprint density at radius 3 is 2.81 bits per heavy atom. The lowest BCUT2D eigenvalue weighted by Crippen LogP contribution is -2.45. The smallest absolute Gasteiger partial charge is 0.191 e. The van der Waals surface area contributed by atoms with Gasteiger partial charge >= 0.3 is 0 Å². The molecule has 1 saturated carbocycles. The largest absolute Gasteiger partial charge is 0.356 e. The van der Waals surface area contributed by atoms with Crippen molar-refractivity contribution in [3.05, 3.63) is 16.1 Å². The van der Waals surface area contributed by atoms with E-state index >= 15 is 0 Å². The molecule has 7 heteroatoms. The van der Waals surface area contributed by atoms with Gasteiger partial charge < -0.3 is 10.6 Å². The first-order valence-electron chi connectivity index (χ1n) is 10.4. The predicted molar refractivity (Wildman–Crippen MR) is 119 cm³/mol. The van der Waals surface area contributed by atoms with E-state index in [1.54, 1.807) is 11.3 Å². The zero-order chi connectivity index (χ0) is 19.1. The molecule has 27 heavy (non-hydrogen) atoms. The van der Waals surface area contributed by atoms with Gasteiger partial charge in [0.2, 0.25) is 0 Å². The van der Waals surface area contributed by atoms with Crippen LogP contribution < -0.4 is 10.6 Å². The quantitative estimate of drug-likeness (QED) is 0.533. The zero-order valence-corrected chi connectivity index (χ0v) is 18.7. The Hall–Kier alpha value is -0.790. The first-order chi connectivity index (χ1) is 13.2. The first kappa shape index (κ1) is 20.9. The first-order valence-corrected chi connectivity index (χ1v) is 12.3. The van der Waals surface area contributed by atoms with Gasteiger partial charge in [-0.05, 0) is 63.8 Å². The number of aliphatic imine (C=N–C) groups is 1. The van der Waals surface area contributed by atoms with E-state index in [0.29, 0.717) is 6.04 Å². The van der Waals surface area contributed by atoms with Crippen molar-refractivity contribution in [2.45, 2.75) is 63.8 Å². The molecule has 0 aromatic carbocycles. The van der Waals surface area contributed by atoms with E-state index in [2.05, 4.69) is 56.5 Å². The maximum absolute atomic E-state index is 4.60. The Bertz CT molecular complexity index is 595. The summed E-state index contributed by atoms with van der Waals surface area (Å²) in [6.07, 6.45) is 6.39. The van der Waals surface area contributed by atoms with Gasteiger partial charge in [-0.25, -0.2) is 4.98 Å². The zero-order valence-electron chi connectivity index (χ0n) is 17.0. The number of aromatic nitrogens is 1. The summed E-state index contributed by atoms with van der Waals surface area (Å²) in [6, 6.07) is 0.587. The summed E-state index contributed by atoms with van der Waals surface area (Å²) in [5, 5.41) is 11.4. The molecule has 1 aliphatic carbocycles. The number of piperidine rings is 1. The van der Waals surface area contributed by atoms with Gasteiger partial charge in [0, 0.05) is 36.8 Å². The fourth-order valence-corrected chi connectivity index (χ4v) is 5.89. The van der Waals surface area contributed by atoms with E-state index in [1.165, 1.54) is 61.6 Å². The van der Waals surface area contributed by atoms with Crippen molar-refractivity contribution in [2.24, 2.45) is 10.9 Å². The van der Waals surface area contributed by atoms with Gasteiger partial charge in [0.25, 0.3) is 0 Å². The van der Waals surface area contributed by atoms with Crippen LogP contribution in [-0.2, 0) is 6.54 Å². The number of nitrogens with one attached hydrogen (secondary N) is 2. The van der Waals surface area contributed by atoms with E-state index < -0.39 is 0 Å². The maximum Gasteiger partial charge on any atom is 0.191 e. The van der Waals surface area contributed by atoms with Crippen molar-refractivity contribution in [2.75, 3.05) is 32.4 Å². The summed E-state index contributed by atoms with van der Waals surface area (Å²) in [6.45, 7) is 8.73. The normalized spacial score (nSPS) is 25.1.